The first kappa shape index (κ1) is 15.5. The van der Waals surface area contributed by atoms with Crippen LogP contribution in [-0.2, 0) is 14.8 Å². The molecule has 4 N–H and O–H groups in total. The smallest absolute Gasteiger partial charge is 0.243 e. The van der Waals surface area contributed by atoms with Crippen molar-refractivity contribution in [2.75, 3.05) is 13.2 Å². The van der Waals surface area contributed by atoms with Crippen LogP contribution >= 0.6 is 15.9 Å². The summed E-state index contributed by atoms with van der Waals surface area (Å²) in [5.41, 5.74) is 5.41. The van der Waals surface area contributed by atoms with Crippen LogP contribution in [0.3, 0.4) is 0 Å². The first-order valence-electron chi connectivity index (χ1n) is 7.38. The second-order valence-electron chi connectivity index (χ2n) is 6.44. The normalized spacial score (nSPS) is 30.3. The number of nitrogens with zero attached hydrogens (tertiary/aromatic N) is 1. The van der Waals surface area contributed by atoms with Gasteiger partial charge in [0.05, 0.1) is 17.7 Å². The zero-order chi connectivity index (χ0) is 16.3. The molecule has 4 rings (SSSR count). The molecule has 7 nitrogen and oxygen atoms in total. The van der Waals surface area contributed by atoms with E-state index in [9.17, 15) is 8.42 Å². The maximum atomic E-state index is 12.9. The SMILES string of the molecule is NCC12CCC(NS(=O)(=O)c3c[nH]c4ncc(Br)cc34)(CO1)C2. The number of sulfonamides is 1. The first-order valence-corrected chi connectivity index (χ1v) is 9.65. The van der Waals surface area contributed by atoms with Gasteiger partial charge in [0, 0.05) is 28.8 Å². The van der Waals surface area contributed by atoms with Crippen LogP contribution < -0.4 is 10.5 Å². The molecule has 1 aliphatic heterocycles. The lowest BCUT2D eigenvalue weighted by molar-refractivity contribution is -0.0136. The molecular formula is C14H17BrN4O3S. The van der Waals surface area contributed by atoms with Crippen molar-refractivity contribution < 1.29 is 13.2 Å². The fraction of sp³-hybridized carbons (Fsp3) is 0.500. The zero-order valence-electron chi connectivity index (χ0n) is 12.3. The van der Waals surface area contributed by atoms with Crippen molar-refractivity contribution >= 4 is 37.0 Å². The Balaban J connectivity index is 1.70. The van der Waals surface area contributed by atoms with E-state index in [1.165, 1.54) is 6.20 Å². The number of ether oxygens (including phenoxy) is 1. The van der Waals surface area contributed by atoms with E-state index < -0.39 is 15.6 Å². The molecule has 1 saturated heterocycles. The van der Waals surface area contributed by atoms with Crippen molar-refractivity contribution in [2.45, 2.75) is 35.3 Å². The average molecular weight is 401 g/mol. The molecule has 2 aliphatic rings. The summed E-state index contributed by atoms with van der Waals surface area (Å²) < 4.78 is 35.1. The quantitative estimate of drug-likeness (QED) is 0.715. The number of hydrogen-bond donors (Lipinski definition) is 3. The number of rotatable bonds is 4. The topological polar surface area (TPSA) is 110 Å². The predicted octanol–water partition coefficient (Wildman–Crippen LogP) is 1.25. The van der Waals surface area contributed by atoms with Crippen LogP contribution in [0.2, 0.25) is 0 Å². The first-order chi connectivity index (χ1) is 10.9. The number of hydrogen-bond acceptors (Lipinski definition) is 5. The molecular weight excluding hydrogens is 384 g/mol. The summed E-state index contributed by atoms with van der Waals surface area (Å²) in [5.74, 6) is 0. The third kappa shape index (κ3) is 2.42. The highest BCUT2D eigenvalue weighted by Crippen LogP contribution is 2.47. The van der Waals surface area contributed by atoms with Crippen LogP contribution in [-0.4, -0.2) is 42.7 Å². The molecule has 23 heavy (non-hydrogen) atoms. The highest BCUT2D eigenvalue weighted by atomic mass is 79.9. The molecule has 9 heteroatoms. The van der Waals surface area contributed by atoms with Gasteiger partial charge < -0.3 is 15.5 Å². The van der Waals surface area contributed by atoms with Crippen LogP contribution in [0.1, 0.15) is 19.3 Å². The fourth-order valence-corrected chi connectivity index (χ4v) is 5.57. The highest BCUT2D eigenvalue weighted by molar-refractivity contribution is 9.10. The Morgan fingerprint density at radius 3 is 2.96 bits per heavy atom. The van der Waals surface area contributed by atoms with Gasteiger partial charge in [0.1, 0.15) is 10.5 Å². The van der Waals surface area contributed by atoms with Crippen molar-refractivity contribution in [2.24, 2.45) is 5.73 Å². The second-order valence-corrected chi connectivity index (χ2v) is 9.01. The third-order valence-corrected chi connectivity index (χ3v) is 6.90. The lowest BCUT2D eigenvalue weighted by Crippen LogP contribution is -2.47. The molecule has 2 unspecified atom stereocenters. The third-order valence-electron chi connectivity index (χ3n) is 4.85. The maximum absolute atomic E-state index is 12.9. The number of fused-ring (bicyclic) bond motifs is 3. The van der Waals surface area contributed by atoms with Gasteiger partial charge in [-0.05, 0) is 41.3 Å². The Hall–Kier alpha value is -1.00. The summed E-state index contributed by atoms with van der Waals surface area (Å²) in [6.45, 7) is 0.786. The summed E-state index contributed by atoms with van der Waals surface area (Å²) in [6.07, 6.45) is 5.25. The van der Waals surface area contributed by atoms with Gasteiger partial charge in [-0.1, -0.05) is 0 Å². The van der Waals surface area contributed by atoms with Crippen LogP contribution in [0.15, 0.2) is 27.8 Å². The largest absolute Gasteiger partial charge is 0.372 e. The van der Waals surface area contributed by atoms with E-state index in [-0.39, 0.29) is 10.5 Å². The predicted molar refractivity (Wildman–Crippen MR) is 88.4 cm³/mol. The van der Waals surface area contributed by atoms with Crippen LogP contribution in [0.5, 0.6) is 0 Å². The van der Waals surface area contributed by atoms with E-state index in [1.807, 2.05) is 0 Å². The minimum absolute atomic E-state index is 0.202. The number of aromatic nitrogens is 2. The molecule has 0 amide bonds. The number of pyridine rings is 1. The van der Waals surface area contributed by atoms with Crippen molar-refractivity contribution in [1.82, 2.24) is 14.7 Å². The molecule has 2 aromatic rings. The van der Waals surface area contributed by atoms with E-state index >= 15 is 0 Å². The van der Waals surface area contributed by atoms with Gasteiger partial charge in [-0.3, -0.25) is 0 Å². The molecule has 2 aromatic heterocycles. The molecule has 3 heterocycles. The van der Waals surface area contributed by atoms with Gasteiger partial charge in [-0.2, -0.15) is 0 Å². The molecule has 0 radical (unpaired) electrons. The Morgan fingerprint density at radius 1 is 1.48 bits per heavy atom. The van der Waals surface area contributed by atoms with E-state index in [1.54, 1.807) is 12.3 Å². The fourth-order valence-electron chi connectivity index (χ4n) is 3.66. The summed E-state index contributed by atoms with van der Waals surface area (Å²) >= 11 is 3.33. The van der Waals surface area contributed by atoms with Gasteiger partial charge >= 0.3 is 0 Å². The van der Waals surface area contributed by atoms with E-state index in [0.29, 0.717) is 30.6 Å². The molecule has 2 atom stereocenters. The second kappa shape index (κ2) is 5.00. The lowest BCUT2D eigenvalue weighted by atomic mass is 10.0. The van der Waals surface area contributed by atoms with E-state index in [4.69, 9.17) is 10.5 Å². The molecule has 2 bridgehead atoms. The number of nitrogens with one attached hydrogen (secondary N) is 2. The van der Waals surface area contributed by atoms with Crippen LogP contribution in [0.25, 0.3) is 11.0 Å². The Morgan fingerprint density at radius 2 is 2.30 bits per heavy atom. The van der Waals surface area contributed by atoms with E-state index in [2.05, 4.69) is 30.6 Å². The zero-order valence-corrected chi connectivity index (χ0v) is 14.7. The summed E-state index contributed by atoms with van der Waals surface area (Å²) in [6, 6.07) is 1.75. The highest BCUT2D eigenvalue weighted by Gasteiger charge is 2.56. The number of nitrogens with two attached hydrogens (primary N) is 1. The maximum Gasteiger partial charge on any atom is 0.243 e. The molecule has 1 aliphatic carbocycles. The van der Waals surface area contributed by atoms with Crippen LogP contribution in [0, 0.1) is 0 Å². The van der Waals surface area contributed by atoms with Gasteiger partial charge in [-0.25, -0.2) is 18.1 Å². The monoisotopic (exact) mass is 400 g/mol. The minimum atomic E-state index is -3.69. The summed E-state index contributed by atoms with van der Waals surface area (Å²) in [5, 5.41) is 0.560. The summed E-state index contributed by atoms with van der Waals surface area (Å²) in [7, 11) is -3.69. The van der Waals surface area contributed by atoms with Crippen molar-refractivity contribution in [3.63, 3.8) is 0 Å². The number of aromatic amines is 1. The Kier molecular flexibility index (Phi) is 3.37. The molecule has 124 valence electrons. The van der Waals surface area contributed by atoms with Gasteiger partial charge in [-0.15, -0.1) is 0 Å². The van der Waals surface area contributed by atoms with Gasteiger partial charge in [0.2, 0.25) is 10.0 Å². The van der Waals surface area contributed by atoms with Gasteiger partial charge in [0.15, 0.2) is 0 Å². The minimum Gasteiger partial charge on any atom is -0.372 e. The number of halogens is 1. The van der Waals surface area contributed by atoms with Crippen molar-refractivity contribution in [3.8, 4) is 0 Å². The van der Waals surface area contributed by atoms with Crippen molar-refractivity contribution in [3.05, 3.63) is 22.9 Å². The average Bonchev–Trinajstić information content (AvgIpc) is 3.17. The number of H-pyrrole nitrogens is 1. The van der Waals surface area contributed by atoms with Crippen LogP contribution in [0.4, 0.5) is 0 Å². The standard InChI is InChI=1S/C14H17BrN4O3S/c15-9-3-10-11(5-18-12(10)17-4-9)23(20,21)19-13-1-2-14(6-13,7-16)22-8-13/h3-5,19H,1-2,6-8,16H2,(H,17,18). The Bertz CT molecular complexity index is 871. The van der Waals surface area contributed by atoms with Gasteiger partial charge in [0.25, 0.3) is 0 Å². The van der Waals surface area contributed by atoms with Crippen molar-refractivity contribution in [1.29, 1.82) is 0 Å². The molecule has 1 saturated carbocycles. The summed E-state index contributed by atoms with van der Waals surface area (Å²) in [4.78, 5) is 7.29. The molecule has 2 fully saturated rings. The Labute approximate surface area is 142 Å². The van der Waals surface area contributed by atoms with E-state index in [0.717, 1.165) is 17.3 Å². The molecule has 0 aromatic carbocycles. The molecule has 0 spiro atoms. The lowest BCUT2D eigenvalue weighted by Gasteiger charge is -2.28.